The molecule has 4 rings (SSSR count). The third-order valence-corrected chi connectivity index (χ3v) is 4.90. The predicted octanol–water partition coefficient (Wildman–Crippen LogP) is 0.876. The molecule has 0 radical (unpaired) electrons. The number of piperidine rings is 1. The van der Waals surface area contributed by atoms with Crippen molar-refractivity contribution in [3.8, 4) is 0 Å². The topological polar surface area (TPSA) is 84.9 Å². The molecule has 2 aromatic heterocycles. The molecule has 0 unspecified atom stereocenters. The number of anilines is 3. The normalized spacial score (nSPS) is 29.5. The number of aromatic nitrogens is 4. The first-order chi connectivity index (χ1) is 10.5. The molecule has 3 atom stereocenters. The van der Waals surface area contributed by atoms with Crippen LogP contribution in [0.2, 0.25) is 0 Å². The maximum Gasteiger partial charge on any atom is 0.229 e. The van der Waals surface area contributed by atoms with Crippen molar-refractivity contribution < 1.29 is 4.39 Å². The minimum Gasteiger partial charge on any atom is -0.352 e. The largest absolute Gasteiger partial charge is 0.352 e. The molecule has 8 heteroatoms. The Hall–Kier alpha value is -2.22. The Labute approximate surface area is 127 Å². The van der Waals surface area contributed by atoms with Gasteiger partial charge in [0.15, 0.2) is 11.6 Å². The van der Waals surface area contributed by atoms with Gasteiger partial charge in [0.1, 0.15) is 0 Å². The molecule has 1 saturated heterocycles. The van der Waals surface area contributed by atoms with Crippen LogP contribution in [0.25, 0.3) is 0 Å². The van der Waals surface area contributed by atoms with E-state index in [9.17, 15) is 4.39 Å². The van der Waals surface area contributed by atoms with Gasteiger partial charge in [-0.25, -0.2) is 9.37 Å². The third-order valence-electron chi connectivity index (χ3n) is 4.90. The molecule has 0 amide bonds. The van der Waals surface area contributed by atoms with Crippen LogP contribution in [-0.2, 0) is 7.05 Å². The smallest absolute Gasteiger partial charge is 0.229 e. The van der Waals surface area contributed by atoms with Crippen molar-refractivity contribution in [1.29, 1.82) is 0 Å². The molecule has 3 N–H and O–H groups in total. The Morgan fingerprint density at radius 1 is 1.45 bits per heavy atom. The average molecular weight is 303 g/mol. The summed E-state index contributed by atoms with van der Waals surface area (Å²) in [6.45, 7) is 3.53. The van der Waals surface area contributed by atoms with Crippen LogP contribution >= 0.6 is 0 Å². The fourth-order valence-corrected chi connectivity index (χ4v) is 3.39. The monoisotopic (exact) mass is 303 g/mol. The molecule has 1 aliphatic carbocycles. The van der Waals surface area contributed by atoms with E-state index in [0.29, 0.717) is 30.1 Å². The molecule has 3 heterocycles. The quantitative estimate of drug-likeness (QED) is 0.875. The first kappa shape index (κ1) is 13.4. The van der Waals surface area contributed by atoms with Crippen molar-refractivity contribution in [3.63, 3.8) is 0 Å². The number of halogens is 1. The fourth-order valence-electron chi connectivity index (χ4n) is 3.39. The molecule has 0 aromatic carbocycles. The Bertz CT molecular complexity index is 730. The lowest BCUT2D eigenvalue weighted by atomic mass is 10.2. The summed E-state index contributed by atoms with van der Waals surface area (Å²) in [4.78, 5) is 10.2. The van der Waals surface area contributed by atoms with E-state index >= 15 is 0 Å². The van der Waals surface area contributed by atoms with Gasteiger partial charge in [0, 0.05) is 37.8 Å². The minimum absolute atomic E-state index is 0.186. The van der Waals surface area contributed by atoms with E-state index in [1.807, 2.05) is 11.9 Å². The lowest BCUT2D eigenvalue weighted by Crippen LogP contribution is -2.36. The van der Waals surface area contributed by atoms with Gasteiger partial charge in [-0.15, -0.1) is 0 Å². The maximum atomic E-state index is 14.1. The van der Waals surface area contributed by atoms with Gasteiger partial charge < -0.3 is 16.0 Å². The zero-order valence-electron chi connectivity index (χ0n) is 12.5. The summed E-state index contributed by atoms with van der Waals surface area (Å²) in [6.07, 6.45) is 4.65. The van der Waals surface area contributed by atoms with Crippen molar-refractivity contribution in [2.45, 2.75) is 12.5 Å². The first-order valence-corrected chi connectivity index (χ1v) is 7.29. The Morgan fingerprint density at radius 2 is 2.27 bits per heavy atom. The maximum absolute atomic E-state index is 14.1. The average Bonchev–Trinajstić information content (AvgIpc) is 2.87. The van der Waals surface area contributed by atoms with Gasteiger partial charge in [-0.05, 0) is 5.92 Å². The Balaban J connectivity index is 1.57. The number of nitrogens with one attached hydrogen (secondary N) is 1. The van der Waals surface area contributed by atoms with Gasteiger partial charge in [0.05, 0.1) is 18.1 Å². The van der Waals surface area contributed by atoms with Crippen LogP contribution in [-0.4, -0.2) is 38.4 Å². The van der Waals surface area contributed by atoms with Crippen molar-refractivity contribution >= 4 is 17.5 Å². The fraction of sp³-hybridized carbons (Fsp3) is 0.500. The minimum atomic E-state index is -0.422. The molecule has 0 spiro atoms. The number of hydrogen-bond donors (Lipinski definition) is 2. The molecule has 2 fully saturated rings. The molecule has 0 bridgehead atoms. The zero-order chi connectivity index (χ0) is 15.5. The van der Waals surface area contributed by atoms with Crippen LogP contribution < -0.4 is 16.0 Å². The Morgan fingerprint density at radius 3 is 2.91 bits per heavy atom. The summed E-state index contributed by atoms with van der Waals surface area (Å²) in [6, 6.07) is 0. The number of rotatable bonds is 3. The lowest BCUT2D eigenvalue weighted by molar-refractivity contribution is 0.583. The van der Waals surface area contributed by atoms with E-state index in [1.165, 1.54) is 6.20 Å². The second-order valence-corrected chi connectivity index (χ2v) is 6.28. The standard InChI is InChI=1S/C14H18FN7/c1-8-10-6-22(7-14(8,10)16)12-11(15)4-17-13(20-12)19-9-3-18-21(2)5-9/h3-5,8,10H,6-7,16H2,1-2H3,(H,17,19,20)/t8-,10+,14+/m1/s1. The summed E-state index contributed by atoms with van der Waals surface area (Å²) in [5.74, 6) is 1.17. The van der Waals surface area contributed by atoms with Gasteiger partial charge in [0.25, 0.3) is 0 Å². The van der Waals surface area contributed by atoms with E-state index in [2.05, 4.69) is 27.3 Å². The van der Waals surface area contributed by atoms with E-state index in [-0.39, 0.29) is 5.54 Å². The van der Waals surface area contributed by atoms with E-state index in [4.69, 9.17) is 5.73 Å². The van der Waals surface area contributed by atoms with Crippen molar-refractivity contribution in [2.24, 2.45) is 24.6 Å². The molecule has 1 aliphatic heterocycles. The van der Waals surface area contributed by atoms with Gasteiger partial charge in [-0.3, -0.25) is 4.68 Å². The van der Waals surface area contributed by atoms with Crippen molar-refractivity contribution in [3.05, 3.63) is 24.4 Å². The molecule has 2 aromatic rings. The molecule has 1 saturated carbocycles. The highest BCUT2D eigenvalue weighted by atomic mass is 19.1. The van der Waals surface area contributed by atoms with Crippen LogP contribution in [0.15, 0.2) is 18.6 Å². The summed E-state index contributed by atoms with van der Waals surface area (Å²) >= 11 is 0. The zero-order valence-corrected chi connectivity index (χ0v) is 12.5. The Kier molecular flexibility index (Phi) is 2.68. The van der Waals surface area contributed by atoms with Crippen LogP contribution in [0.1, 0.15) is 6.92 Å². The van der Waals surface area contributed by atoms with E-state index < -0.39 is 5.82 Å². The number of nitrogens with zero attached hydrogens (tertiary/aromatic N) is 5. The first-order valence-electron chi connectivity index (χ1n) is 7.29. The van der Waals surface area contributed by atoms with Crippen molar-refractivity contribution in [1.82, 2.24) is 19.7 Å². The highest BCUT2D eigenvalue weighted by Crippen LogP contribution is 2.53. The molecule has 22 heavy (non-hydrogen) atoms. The van der Waals surface area contributed by atoms with E-state index in [0.717, 1.165) is 12.2 Å². The van der Waals surface area contributed by atoms with Gasteiger partial charge in [-0.2, -0.15) is 10.1 Å². The number of nitrogens with two attached hydrogens (primary N) is 1. The molecular weight excluding hydrogens is 285 g/mol. The summed E-state index contributed by atoms with van der Waals surface area (Å²) in [5.41, 5.74) is 6.87. The molecule has 7 nitrogen and oxygen atoms in total. The SMILES string of the molecule is C[C@@H]1[C@@H]2CN(c3nc(Nc4cnn(C)c4)ncc3F)C[C@]12N. The summed E-state index contributed by atoms with van der Waals surface area (Å²) < 4.78 is 15.7. The molecule has 2 aliphatic rings. The van der Waals surface area contributed by atoms with Gasteiger partial charge >= 0.3 is 0 Å². The van der Waals surface area contributed by atoms with Crippen molar-refractivity contribution in [2.75, 3.05) is 23.3 Å². The highest BCUT2D eigenvalue weighted by molar-refractivity contribution is 5.54. The predicted molar refractivity (Wildman–Crippen MR) is 80.3 cm³/mol. The second kappa shape index (κ2) is 4.39. The van der Waals surface area contributed by atoms with Crippen LogP contribution in [0, 0.1) is 17.7 Å². The highest BCUT2D eigenvalue weighted by Gasteiger charge is 2.64. The van der Waals surface area contributed by atoms with Crippen LogP contribution in [0.3, 0.4) is 0 Å². The second-order valence-electron chi connectivity index (χ2n) is 6.28. The third kappa shape index (κ3) is 1.94. The molecule has 116 valence electrons. The summed E-state index contributed by atoms with van der Waals surface area (Å²) in [7, 11) is 1.82. The number of aryl methyl sites for hydroxylation is 1. The summed E-state index contributed by atoms with van der Waals surface area (Å²) in [5, 5.41) is 7.09. The van der Waals surface area contributed by atoms with E-state index in [1.54, 1.807) is 17.1 Å². The van der Waals surface area contributed by atoms with Crippen LogP contribution in [0.4, 0.5) is 21.8 Å². The van der Waals surface area contributed by atoms with Gasteiger partial charge in [0.2, 0.25) is 5.95 Å². The van der Waals surface area contributed by atoms with Crippen LogP contribution in [0.5, 0.6) is 0 Å². The number of fused-ring (bicyclic) bond motifs is 1. The number of hydrogen-bond acceptors (Lipinski definition) is 6. The lowest BCUT2D eigenvalue weighted by Gasteiger charge is -2.22. The molecular formula is C14H18FN7. The van der Waals surface area contributed by atoms with Gasteiger partial charge in [-0.1, -0.05) is 6.92 Å².